The fraction of sp³-hybridized carbons (Fsp3) is 0.0784. The minimum atomic E-state index is 0. The topological polar surface area (TPSA) is 72.2 Å². The van der Waals surface area contributed by atoms with Crippen LogP contribution in [0, 0.1) is 18.8 Å². The first kappa shape index (κ1) is 38.6. The van der Waals surface area contributed by atoms with Gasteiger partial charge in [0.2, 0.25) is 0 Å². The average Bonchev–Trinajstić information content (AvgIpc) is 3.90. The minimum Gasteiger partial charge on any atom is -0.508 e. The van der Waals surface area contributed by atoms with Gasteiger partial charge in [0.1, 0.15) is 11.6 Å². The van der Waals surface area contributed by atoms with Gasteiger partial charge in [-0.1, -0.05) is 123 Å². The van der Waals surface area contributed by atoms with Gasteiger partial charge >= 0.3 is 0 Å². The molecule has 0 saturated heterocycles. The molecule has 0 radical (unpaired) electrons. The number of aromatic nitrogens is 5. The van der Waals surface area contributed by atoms with E-state index in [-0.39, 0.29) is 26.5 Å². The van der Waals surface area contributed by atoms with Crippen molar-refractivity contribution in [1.29, 1.82) is 0 Å². The van der Waals surface area contributed by atoms with Crippen molar-refractivity contribution in [3.8, 4) is 51.5 Å². The number of para-hydroxylation sites is 1. The van der Waals surface area contributed by atoms with Gasteiger partial charge in [-0.3, -0.25) is 0 Å². The number of hydrogen-bond donors (Lipinski definition) is 0. The molecule has 4 heterocycles. The summed E-state index contributed by atoms with van der Waals surface area (Å²) in [6.07, 6.45) is 5.86. The van der Waals surface area contributed by atoms with E-state index in [0.717, 1.165) is 50.1 Å². The largest absolute Gasteiger partial charge is 0.508 e. The van der Waals surface area contributed by atoms with Gasteiger partial charge in [0, 0.05) is 61.1 Å². The minimum absolute atomic E-state index is 0. The summed E-state index contributed by atoms with van der Waals surface area (Å²) in [5.74, 6) is 3.29. The summed E-state index contributed by atoms with van der Waals surface area (Å²) >= 11 is 0. The zero-order valence-electron chi connectivity index (χ0n) is 33.1. The van der Waals surface area contributed by atoms with E-state index in [1.54, 1.807) is 6.20 Å². The fourth-order valence-corrected chi connectivity index (χ4v) is 7.36. The van der Waals surface area contributed by atoms with Gasteiger partial charge in [0.05, 0.1) is 0 Å². The fourth-order valence-electron chi connectivity index (χ4n) is 7.36. The van der Waals surface area contributed by atoms with Crippen molar-refractivity contribution in [2.45, 2.75) is 26.2 Å². The number of benzene rings is 6. The van der Waals surface area contributed by atoms with Crippen molar-refractivity contribution in [1.82, 2.24) is 24.5 Å². The normalized spacial score (nSPS) is 12.6. The van der Waals surface area contributed by atoms with Gasteiger partial charge in [-0.15, -0.1) is 48.1 Å². The Balaban J connectivity index is 0.00000462. The van der Waals surface area contributed by atoms with Crippen molar-refractivity contribution in [3.05, 3.63) is 195 Å². The van der Waals surface area contributed by atoms with E-state index in [0.29, 0.717) is 34.5 Å². The molecule has 0 bridgehead atoms. The Morgan fingerprint density at radius 1 is 0.600 bits per heavy atom. The van der Waals surface area contributed by atoms with Crippen molar-refractivity contribution >= 4 is 33.2 Å². The van der Waals surface area contributed by atoms with Gasteiger partial charge in [-0.05, 0) is 64.7 Å². The van der Waals surface area contributed by atoms with E-state index in [4.69, 9.17) is 24.7 Å². The van der Waals surface area contributed by atoms with Crippen molar-refractivity contribution < 1.29 is 25.8 Å². The van der Waals surface area contributed by atoms with Gasteiger partial charge in [0.15, 0.2) is 11.6 Å². The SMILES string of the molecule is CC(C)(C)c1ccc(N2C=CN(c3[c-]c(Oc4[c-]c5c(cc4-c4nc(-c6ccccc6)nc(-c6ccccc6)n4)c4ccccc4n5-c4ccccn4)ccc3)[CH-]2)cc1.[Pt]. The van der Waals surface area contributed by atoms with Crippen LogP contribution >= 0.6 is 0 Å². The van der Waals surface area contributed by atoms with Gasteiger partial charge < -0.3 is 19.1 Å². The summed E-state index contributed by atoms with van der Waals surface area (Å²) < 4.78 is 9.00. The van der Waals surface area contributed by atoms with Crippen LogP contribution in [0.15, 0.2) is 170 Å². The molecule has 296 valence electrons. The monoisotopic (exact) mass is 959 g/mol. The van der Waals surface area contributed by atoms with Crippen LogP contribution in [0.1, 0.15) is 26.3 Å². The number of rotatable bonds is 8. The first-order valence-electron chi connectivity index (χ1n) is 19.5. The second-order valence-electron chi connectivity index (χ2n) is 15.4. The third-order valence-electron chi connectivity index (χ3n) is 10.4. The maximum atomic E-state index is 6.88. The Hall–Kier alpha value is -6.89. The molecule has 0 spiro atoms. The smallest absolute Gasteiger partial charge is 0.162 e. The number of pyridine rings is 1. The number of nitrogens with zero attached hydrogens (tertiary/aromatic N) is 7. The molecule has 60 heavy (non-hydrogen) atoms. The second kappa shape index (κ2) is 16.0. The molecule has 1 aliphatic heterocycles. The van der Waals surface area contributed by atoms with E-state index < -0.39 is 0 Å². The Morgan fingerprint density at radius 3 is 1.93 bits per heavy atom. The van der Waals surface area contributed by atoms with Gasteiger partial charge in [-0.25, -0.2) is 19.9 Å². The Bertz CT molecular complexity index is 2920. The molecule has 3 aromatic heterocycles. The molecule has 9 heteroatoms. The number of hydrogen-bond acceptors (Lipinski definition) is 7. The van der Waals surface area contributed by atoms with Crippen LogP contribution in [-0.2, 0) is 26.5 Å². The van der Waals surface area contributed by atoms with Crippen LogP contribution in [0.5, 0.6) is 11.5 Å². The third-order valence-corrected chi connectivity index (χ3v) is 10.4. The van der Waals surface area contributed by atoms with Crippen LogP contribution in [0.3, 0.4) is 0 Å². The quantitative estimate of drug-likeness (QED) is 0.141. The molecule has 10 rings (SSSR count). The van der Waals surface area contributed by atoms with Crippen molar-refractivity contribution in [2.75, 3.05) is 9.80 Å². The summed E-state index contributed by atoms with van der Waals surface area (Å²) in [7, 11) is 0. The van der Waals surface area contributed by atoms with Gasteiger partial charge in [0.25, 0.3) is 0 Å². The number of ether oxygens (including phenoxy) is 1. The molecule has 0 N–H and O–H groups in total. The molecular formula is C51H38N7OPt-3. The summed E-state index contributed by atoms with van der Waals surface area (Å²) in [5.41, 5.74) is 7.48. The Morgan fingerprint density at radius 2 is 1.25 bits per heavy atom. The van der Waals surface area contributed by atoms with Gasteiger partial charge in [-0.2, -0.15) is 6.07 Å². The van der Waals surface area contributed by atoms with Crippen LogP contribution in [0.25, 0.3) is 61.8 Å². The summed E-state index contributed by atoms with van der Waals surface area (Å²) in [5, 5.41) is 2.00. The third kappa shape index (κ3) is 7.47. The van der Waals surface area contributed by atoms with Crippen molar-refractivity contribution in [2.24, 2.45) is 0 Å². The van der Waals surface area contributed by atoms with E-state index in [9.17, 15) is 0 Å². The second-order valence-corrected chi connectivity index (χ2v) is 15.4. The molecule has 8 nitrogen and oxygen atoms in total. The zero-order valence-corrected chi connectivity index (χ0v) is 35.4. The molecule has 0 saturated carbocycles. The molecule has 1 aliphatic rings. The molecule has 0 amide bonds. The maximum Gasteiger partial charge on any atom is 0.162 e. The average molecular weight is 960 g/mol. The Labute approximate surface area is 363 Å². The van der Waals surface area contributed by atoms with Crippen LogP contribution in [0.4, 0.5) is 11.4 Å². The summed E-state index contributed by atoms with van der Waals surface area (Å²) in [6.45, 7) is 8.72. The predicted octanol–water partition coefficient (Wildman–Crippen LogP) is 12.0. The summed E-state index contributed by atoms with van der Waals surface area (Å²) in [6, 6.07) is 58.0. The Kier molecular flexibility index (Phi) is 10.3. The number of anilines is 2. The van der Waals surface area contributed by atoms with Crippen molar-refractivity contribution in [3.63, 3.8) is 0 Å². The first-order chi connectivity index (χ1) is 28.9. The molecule has 0 unspecified atom stereocenters. The molecule has 6 aromatic carbocycles. The molecule has 0 aliphatic carbocycles. The molecule has 0 atom stereocenters. The van der Waals surface area contributed by atoms with E-state index in [1.165, 1.54) is 5.56 Å². The van der Waals surface area contributed by atoms with E-state index >= 15 is 0 Å². The zero-order chi connectivity index (χ0) is 39.9. The van der Waals surface area contributed by atoms with E-state index in [2.05, 4.69) is 84.8 Å². The summed E-state index contributed by atoms with van der Waals surface area (Å²) in [4.78, 5) is 24.1. The molecular weight excluding hydrogens is 922 g/mol. The maximum absolute atomic E-state index is 6.88. The standard InChI is InChI=1S/C51H38N7O.Pt/c1-51(2,3)37-24-26-38(27-25-37)56-29-30-57(34-56)39-19-14-20-40(31-39)59-46-33-45-42(41-21-10-11-22-44(41)58(45)47-23-12-13-28-52-47)32-43(46)50-54-48(35-15-6-4-7-16-35)53-49(55-50)36-17-8-5-9-18-36;/h4-30,32,34H,1-3H3;/q-3;. The van der Waals surface area contributed by atoms with Crippen LogP contribution in [0.2, 0.25) is 0 Å². The van der Waals surface area contributed by atoms with Crippen LogP contribution in [-0.4, -0.2) is 24.5 Å². The van der Waals surface area contributed by atoms with Crippen LogP contribution < -0.4 is 14.5 Å². The molecule has 9 aromatic rings. The molecule has 0 fully saturated rings. The number of fused-ring (bicyclic) bond motifs is 3. The first-order valence-corrected chi connectivity index (χ1v) is 19.5. The predicted molar refractivity (Wildman–Crippen MR) is 236 cm³/mol. The van der Waals surface area contributed by atoms with E-state index in [1.807, 2.05) is 133 Å².